The average molecular weight is 298 g/mol. The van der Waals surface area contributed by atoms with Crippen LogP contribution in [0.15, 0.2) is 0 Å². The summed E-state index contributed by atoms with van der Waals surface area (Å²) in [5.41, 5.74) is 0.879. The van der Waals surface area contributed by atoms with Crippen LogP contribution in [0.5, 0.6) is 0 Å². The lowest BCUT2D eigenvalue weighted by molar-refractivity contribution is 0.0697. The molecule has 0 spiro atoms. The van der Waals surface area contributed by atoms with Gasteiger partial charge in [0, 0.05) is 18.5 Å². The van der Waals surface area contributed by atoms with Crippen molar-refractivity contribution >= 4 is 28.3 Å². The van der Waals surface area contributed by atoms with Crippen LogP contribution in [0.4, 0.5) is 9.80 Å². The molecule has 0 fully saturated rings. The fourth-order valence-electron chi connectivity index (χ4n) is 1.95. The number of hydrogen-bond donors (Lipinski definition) is 2. The van der Waals surface area contributed by atoms with E-state index in [4.69, 9.17) is 0 Å². The number of aromatic carboxylic acids is 1. The first kappa shape index (κ1) is 16.5. The molecule has 1 aromatic rings. The molecule has 6 heteroatoms. The van der Waals surface area contributed by atoms with Crippen LogP contribution in [0.1, 0.15) is 41.6 Å². The Balaban J connectivity index is 2.91. The highest BCUT2D eigenvalue weighted by atomic mass is 32.1. The van der Waals surface area contributed by atoms with Gasteiger partial charge in [-0.2, -0.15) is 0 Å². The maximum absolute atomic E-state index is 12.1. The lowest BCUT2D eigenvalue weighted by Gasteiger charge is -2.26. The Bertz CT molecular complexity index is 529. The fraction of sp³-hybridized carbons (Fsp3) is 0.571. The number of carbonyl (C=O) groups is 2. The molecule has 2 N–H and O–H groups in total. The summed E-state index contributed by atoms with van der Waals surface area (Å²) in [6, 6.07) is -0.288. The van der Waals surface area contributed by atoms with E-state index in [2.05, 4.69) is 5.32 Å². The molecule has 0 aromatic carbocycles. The van der Waals surface area contributed by atoms with Crippen molar-refractivity contribution in [1.29, 1.82) is 0 Å². The standard InChI is InChI=1S/C14H22N2O3S/c1-8-9(2)20-11(10(8)12(17)18)15-13(19)16(6)7-14(3,4)5/h7H2,1-6H3,(H,15,19)(H,17,18). The minimum absolute atomic E-state index is 0.0109. The van der Waals surface area contributed by atoms with E-state index < -0.39 is 5.97 Å². The van der Waals surface area contributed by atoms with Crippen LogP contribution in [0.2, 0.25) is 0 Å². The van der Waals surface area contributed by atoms with E-state index in [-0.39, 0.29) is 17.0 Å². The Morgan fingerprint density at radius 2 is 1.85 bits per heavy atom. The molecule has 0 unspecified atom stereocenters. The van der Waals surface area contributed by atoms with E-state index in [1.807, 2.05) is 27.7 Å². The van der Waals surface area contributed by atoms with E-state index in [0.29, 0.717) is 17.1 Å². The normalized spacial score (nSPS) is 11.3. The molecule has 5 nitrogen and oxygen atoms in total. The molecule has 0 saturated carbocycles. The Morgan fingerprint density at radius 1 is 1.30 bits per heavy atom. The molecule has 1 heterocycles. The quantitative estimate of drug-likeness (QED) is 0.896. The van der Waals surface area contributed by atoms with Gasteiger partial charge in [-0.3, -0.25) is 5.32 Å². The lowest BCUT2D eigenvalue weighted by atomic mass is 9.96. The molecule has 0 aliphatic carbocycles. The third kappa shape index (κ3) is 3.96. The number of carboxylic acid groups (broad SMARTS) is 1. The zero-order valence-electron chi connectivity index (χ0n) is 12.8. The molecule has 1 aromatic heterocycles. The first-order chi connectivity index (χ1) is 9.03. The van der Waals surface area contributed by atoms with Gasteiger partial charge in [0.25, 0.3) is 0 Å². The van der Waals surface area contributed by atoms with E-state index in [0.717, 1.165) is 4.88 Å². The summed E-state index contributed by atoms with van der Waals surface area (Å²) in [5, 5.41) is 12.3. The van der Waals surface area contributed by atoms with Crippen molar-refractivity contribution in [2.75, 3.05) is 18.9 Å². The van der Waals surface area contributed by atoms with Gasteiger partial charge in [0.2, 0.25) is 0 Å². The second-order valence-corrected chi connectivity index (χ2v) is 7.36. The predicted molar refractivity (Wildman–Crippen MR) is 81.9 cm³/mol. The number of rotatable bonds is 3. The summed E-state index contributed by atoms with van der Waals surface area (Å²) < 4.78 is 0. The SMILES string of the molecule is Cc1sc(NC(=O)N(C)CC(C)(C)C)c(C(=O)O)c1C. The molecule has 0 bridgehead atoms. The molecule has 0 aliphatic heterocycles. The number of carbonyl (C=O) groups excluding carboxylic acids is 1. The zero-order valence-corrected chi connectivity index (χ0v) is 13.6. The highest BCUT2D eigenvalue weighted by molar-refractivity contribution is 7.16. The highest BCUT2D eigenvalue weighted by Crippen LogP contribution is 2.32. The number of carboxylic acids is 1. The van der Waals surface area contributed by atoms with Gasteiger partial charge in [-0.05, 0) is 24.8 Å². The molecule has 0 aliphatic rings. The van der Waals surface area contributed by atoms with E-state index in [1.54, 1.807) is 18.9 Å². The van der Waals surface area contributed by atoms with Crippen molar-refractivity contribution in [2.24, 2.45) is 5.41 Å². The Hall–Kier alpha value is -1.56. The maximum atomic E-state index is 12.1. The van der Waals surface area contributed by atoms with Crippen LogP contribution in [-0.4, -0.2) is 35.6 Å². The highest BCUT2D eigenvalue weighted by Gasteiger charge is 2.23. The number of amides is 2. The van der Waals surface area contributed by atoms with Gasteiger partial charge in [0.05, 0.1) is 5.56 Å². The predicted octanol–water partition coefficient (Wildman–Crippen LogP) is 3.57. The summed E-state index contributed by atoms with van der Waals surface area (Å²) in [7, 11) is 1.70. The van der Waals surface area contributed by atoms with Crippen LogP contribution in [0, 0.1) is 19.3 Å². The number of aryl methyl sites for hydroxylation is 1. The Labute approximate surface area is 123 Å². The van der Waals surface area contributed by atoms with Gasteiger partial charge in [-0.15, -0.1) is 11.3 Å². The van der Waals surface area contributed by atoms with Crippen LogP contribution in [-0.2, 0) is 0 Å². The number of anilines is 1. The van der Waals surface area contributed by atoms with Gasteiger partial charge in [0.1, 0.15) is 5.00 Å². The van der Waals surface area contributed by atoms with Gasteiger partial charge < -0.3 is 10.0 Å². The number of hydrogen-bond acceptors (Lipinski definition) is 3. The Morgan fingerprint density at radius 3 is 2.30 bits per heavy atom. The summed E-state index contributed by atoms with van der Waals surface area (Å²) in [6.07, 6.45) is 0. The third-order valence-electron chi connectivity index (χ3n) is 2.88. The minimum Gasteiger partial charge on any atom is -0.478 e. The molecule has 20 heavy (non-hydrogen) atoms. The van der Waals surface area contributed by atoms with Crippen molar-refractivity contribution < 1.29 is 14.7 Å². The summed E-state index contributed by atoms with van der Waals surface area (Å²) in [6.45, 7) is 10.3. The van der Waals surface area contributed by atoms with E-state index >= 15 is 0 Å². The smallest absolute Gasteiger partial charge is 0.338 e. The topological polar surface area (TPSA) is 69.6 Å². The zero-order chi connectivity index (χ0) is 15.7. The number of urea groups is 1. The summed E-state index contributed by atoms with van der Waals surface area (Å²) >= 11 is 1.29. The van der Waals surface area contributed by atoms with Crippen LogP contribution < -0.4 is 5.32 Å². The monoisotopic (exact) mass is 298 g/mol. The van der Waals surface area contributed by atoms with Gasteiger partial charge in [0.15, 0.2) is 0 Å². The molecule has 0 atom stereocenters. The van der Waals surface area contributed by atoms with Gasteiger partial charge in [-0.1, -0.05) is 20.8 Å². The van der Waals surface area contributed by atoms with Crippen LogP contribution in [0.3, 0.4) is 0 Å². The fourth-order valence-corrected chi connectivity index (χ4v) is 2.99. The molecular formula is C14H22N2O3S. The second-order valence-electron chi connectivity index (χ2n) is 6.14. The molecule has 1 rings (SSSR count). The molecular weight excluding hydrogens is 276 g/mol. The molecule has 2 amide bonds. The minimum atomic E-state index is -1.01. The van der Waals surface area contributed by atoms with Crippen molar-refractivity contribution in [3.63, 3.8) is 0 Å². The van der Waals surface area contributed by atoms with E-state index in [1.165, 1.54) is 11.3 Å². The van der Waals surface area contributed by atoms with Crippen molar-refractivity contribution in [3.05, 3.63) is 16.0 Å². The van der Waals surface area contributed by atoms with Crippen LogP contribution >= 0.6 is 11.3 Å². The number of nitrogens with zero attached hydrogens (tertiary/aromatic N) is 1. The average Bonchev–Trinajstić information content (AvgIpc) is 2.51. The van der Waals surface area contributed by atoms with Crippen LogP contribution in [0.25, 0.3) is 0 Å². The first-order valence-corrected chi connectivity index (χ1v) is 7.20. The van der Waals surface area contributed by atoms with Crippen molar-refractivity contribution in [1.82, 2.24) is 4.90 Å². The second kappa shape index (κ2) is 5.83. The number of thiophene rings is 1. The molecule has 0 saturated heterocycles. The van der Waals surface area contributed by atoms with Gasteiger partial charge in [-0.25, -0.2) is 9.59 Å². The van der Waals surface area contributed by atoms with Crippen molar-refractivity contribution in [2.45, 2.75) is 34.6 Å². The van der Waals surface area contributed by atoms with Gasteiger partial charge >= 0.3 is 12.0 Å². The summed E-state index contributed by atoms with van der Waals surface area (Å²) in [4.78, 5) is 25.9. The largest absolute Gasteiger partial charge is 0.478 e. The van der Waals surface area contributed by atoms with E-state index in [9.17, 15) is 14.7 Å². The third-order valence-corrected chi connectivity index (χ3v) is 4.00. The van der Waals surface area contributed by atoms with Crippen molar-refractivity contribution in [3.8, 4) is 0 Å². The summed E-state index contributed by atoms with van der Waals surface area (Å²) in [5.74, 6) is -1.01. The Kier molecular flexibility index (Phi) is 4.81. The first-order valence-electron chi connectivity index (χ1n) is 6.38. The molecule has 0 radical (unpaired) electrons. The number of nitrogens with one attached hydrogen (secondary N) is 1. The lowest BCUT2D eigenvalue weighted by Crippen LogP contribution is -2.37. The maximum Gasteiger partial charge on any atom is 0.338 e. The molecule has 112 valence electrons.